The Morgan fingerprint density at radius 1 is 1.00 bits per heavy atom. The molecule has 30 heavy (non-hydrogen) atoms. The Morgan fingerprint density at radius 2 is 1.57 bits per heavy atom. The van der Waals surface area contributed by atoms with Crippen LogP contribution in [-0.4, -0.2) is 36.5 Å². The second-order valence-electron chi connectivity index (χ2n) is 7.86. The van der Waals surface area contributed by atoms with E-state index in [1.54, 1.807) is 0 Å². The highest BCUT2D eigenvalue weighted by atomic mass is 16.5. The summed E-state index contributed by atoms with van der Waals surface area (Å²) in [5.41, 5.74) is 2.73. The average Bonchev–Trinajstić information content (AvgIpc) is 2.76. The van der Waals surface area contributed by atoms with E-state index in [2.05, 4.69) is 10.6 Å². The molecule has 6 nitrogen and oxygen atoms in total. The fraction of sp³-hybridized carbons (Fsp3) is 0.417. The van der Waals surface area contributed by atoms with Crippen LogP contribution in [0, 0.1) is 18.8 Å². The number of ether oxygens (including phenoxy) is 1. The van der Waals surface area contributed by atoms with E-state index in [0.717, 1.165) is 35.5 Å². The zero-order valence-corrected chi connectivity index (χ0v) is 18.0. The van der Waals surface area contributed by atoms with Crippen LogP contribution in [0.3, 0.4) is 0 Å². The van der Waals surface area contributed by atoms with Crippen LogP contribution in [0.5, 0.6) is 5.75 Å². The molecule has 0 aromatic heterocycles. The summed E-state index contributed by atoms with van der Waals surface area (Å²) >= 11 is 0. The maximum atomic E-state index is 12.7. The normalized spacial score (nSPS) is 15.4. The molecular weight excluding hydrogens is 378 g/mol. The minimum absolute atomic E-state index is 0.0155. The lowest BCUT2D eigenvalue weighted by Gasteiger charge is -2.34. The van der Waals surface area contributed by atoms with Crippen LogP contribution in [0.15, 0.2) is 48.5 Å². The third-order valence-corrected chi connectivity index (χ3v) is 5.68. The molecule has 1 aliphatic heterocycles. The third kappa shape index (κ3) is 5.75. The Hall–Kier alpha value is -3.02. The van der Waals surface area contributed by atoms with Crippen molar-refractivity contribution in [3.63, 3.8) is 0 Å². The van der Waals surface area contributed by atoms with Gasteiger partial charge in [0.25, 0.3) is 0 Å². The summed E-state index contributed by atoms with van der Waals surface area (Å²) in [6.07, 6.45) is 1.64. The number of hydrogen-bond acceptors (Lipinski definition) is 3. The Bertz CT molecular complexity index is 841. The number of carbonyl (C=O) groups is 2. The van der Waals surface area contributed by atoms with Gasteiger partial charge in [0.2, 0.25) is 5.91 Å². The third-order valence-electron chi connectivity index (χ3n) is 5.68. The molecule has 1 fully saturated rings. The summed E-state index contributed by atoms with van der Waals surface area (Å²) in [5.74, 6) is 0.955. The number of carbonyl (C=O) groups excluding carboxylic acids is 2. The van der Waals surface area contributed by atoms with E-state index in [-0.39, 0.29) is 23.8 Å². The molecule has 0 saturated carbocycles. The van der Waals surface area contributed by atoms with Gasteiger partial charge in [0.1, 0.15) is 5.75 Å². The molecule has 3 rings (SSSR count). The van der Waals surface area contributed by atoms with E-state index in [0.29, 0.717) is 19.7 Å². The molecule has 0 bridgehead atoms. The predicted octanol–water partition coefficient (Wildman–Crippen LogP) is 4.91. The molecule has 2 aromatic carbocycles. The summed E-state index contributed by atoms with van der Waals surface area (Å²) in [7, 11) is 0. The van der Waals surface area contributed by atoms with Crippen molar-refractivity contribution >= 4 is 23.3 Å². The van der Waals surface area contributed by atoms with Crippen LogP contribution in [0.25, 0.3) is 0 Å². The lowest BCUT2D eigenvalue weighted by Crippen LogP contribution is -2.43. The van der Waals surface area contributed by atoms with Crippen molar-refractivity contribution in [3.8, 4) is 5.75 Å². The number of anilines is 2. The first-order valence-electron chi connectivity index (χ1n) is 10.6. The van der Waals surface area contributed by atoms with Crippen LogP contribution in [0.2, 0.25) is 0 Å². The van der Waals surface area contributed by atoms with Gasteiger partial charge in [-0.15, -0.1) is 0 Å². The molecule has 1 heterocycles. The number of aryl methyl sites for hydroxylation is 1. The van der Waals surface area contributed by atoms with Gasteiger partial charge in [0.15, 0.2) is 0 Å². The van der Waals surface area contributed by atoms with E-state index in [4.69, 9.17) is 4.74 Å². The molecule has 3 amide bonds. The fourth-order valence-electron chi connectivity index (χ4n) is 3.71. The first kappa shape index (κ1) is 21.7. The molecule has 1 aliphatic rings. The van der Waals surface area contributed by atoms with Gasteiger partial charge in [-0.3, -0.25) is 4.79 Å². The Labute approximate surface area is 178 Å². The van der Waals surface area contributed by atoms with Crippen molar-refractivity contribution in [1.82, 2.24) is 4.90 Å². The minimum atomic E-state index is -0.112. The molecule has 2 aromatic rings. The topological polar surface area (TPSA) is 70.7 Å². The molecule has 0 aliphatic carbocycles. The standard InChI is InChI=1S/C24H31N3O3/c1-4-30-22-11-9-20(10-12-22)25-23(28)18(3)19-13-15-27(16-14-19)24(29)26-21-7-5-17(2)6-8-21/h5-12,18-19H,4,13-16H2,1-3H3,(H,25,28)(H,26,29). The Balaban J connectivity index is 1.46. The van der Waals surface area contributed by atoms with Crippen LogP contribution >= 0.6 is 0 Å². The largest absolute Gasteiger partial charge is 0.494 e. The highest BCUT2D eigenvalue weighted by Crippen LogP contribution is 2.27. The maximum absolute atomic E-state index is 12.7. The van der Waals surface area contributed by atoms with Crippen LogP contribution < -0.4 is 15.4 Å². The first-order chi connectivity index (χ1) is 14.5. The Kier molecular flexibility index (Phi) is 7.33. The molecule has 1 unspecified atom stereocenters. The van der Waals surface area contributed by atoms with E-state index in [9.17, 15) is 9.59 Å². The van der Waals surface area contributed by atoms with Crippen LogP contribution in [0.4, 0.5) is 16.2 Å². The number of nitrogens with zero attached hydrogens (tertiary/aromatic N) is 1. The van der Waals surface area contributed by atoms with Crippen molar-refractivity contribution in [1.29, 1.82) is 0 Å². The zero-order chi connectivity index (χ0) is 21.5. The molecule has 6 heteroatoms. The summed E-state index contributed by atoms with van der Waals surface area (Å²) in [5, 5.41) is 5.94. The van der Waals surface area contributed by atoms with Crippen LogP contribution in [-0.2, 0) is 4.79 Å². The average molecular weight is 410 g/mol. The number of piperidine rings is 1. The highest BCUT2D eigenvalue weighted by molar-refractivity contribution is 5.92. The van der Waals surface area contributed by atoms with E-state index < -0.39 is 0 Å². The summed E-state index contributed by atoms with van der Waals surface area (Å²) in [6, 6.07) is 15.1. The summed E-state index contributed by atoms with van der Waals surface area (Å²) in [6.45, 7) is 7.85. The number of hydrogen-bond donors (Lipinski definition) is 2. The smallest absolute Gasteiger partial charge is 0.321 e. The van der Waals surface area contributed by atoms with Gasteiger partial charge in [0, 0.05) is 30.4 Å². The van der Waals surface area contributed by atoms with Gasteiger partial charge in [-0.25, -0.2) is 4.79 Å². The number of rotatable bonds is 6. The van der Waals surface area contributed by atoms with Crippen molar-refractivity contribution in [2.24, 2.45) is 11.8 Å². The van der Waals surface area contributed by atoms with Gasteiger partial charge >= 0.3 is 6.03 Å². The van der Waals surface area contributed by atoms with E-state index in [1.165, 1.54) is 0 Å². The number of benzene rings is 2. The fourth-order valence-corrected chi connectivity index (χ4v) is 3.71. The van der Waals surface area contributed by atoms with Gasteiger partial charge in [-0.2, -0.15) is 0 Å². The zero-order valence-electron chi connectivity index (χ0n) is 18.0. The van der Waals surface area contributed by atoms with Crippen LogP contribution in [0.1, 0.15) is 32.3 Å². The Morgan fingerprint density at radius 3 is 2.17 bits per heavy atom. The molecule has 2 N–H and O–H groups in total. The van der Waals surface area contributed by atoms with Crippen molar-refractivity contribution < 1.29 is 14.3 Å². The monoisotopic (exact) mass is 409 g/mol. The molecule has 1 atom stereocenters. The van der Waals surface area contributed by atoms with E-state index in [1.807, 2.05) is 74.2 Å². The number of nitrogens with one attached hydrogen (secondary N) is 2. The summed E-state index contributed by atoms with van der Waals surface area (Å²) in [4.78, 5) is 27.0. The first-order valence-corrected chi connectivity index (χ1v) is 10.6. The molecular formula is C24H31N3O3. The molecule has 160 valence electrons. The van der Waals surface area contributed by atoms with E-state index >= 15 is 0 Å². The van der Waals surface area contributed by atoms with Gasteiger partial charge < -0.3 is 20.3 Å². The van der Waals surface area contributed by atoms with Crippen molar-refractivity contribution in [2.45, 2.75) is 33.6 Å². The number of amides is 3. The number of urea groups is 1. The van der Waals surface area contributed by atoms with Crippen molar-refractivity contribution in [3.05, 3.63) is 54.1 Å². The maximum Gasteiger partial charge on any atom is 0.321 e. The van der Waals surface area contributed by atoms with Crippen molar-refractivity contribution in [2.75, 3.05) is 30.3 Å². The SMILES string of the molecule is CCOc1ccc(NC(=O)C(C)C2CCN(C(=O)Nc3ccc(C)cc3)CC2)cc1. The lowest BCUT2D eigenvalue weighted by molar-refractivity contribution is -0.121. The van der Waals surface area contributed by atoms with Gasteiger partial charge in [-0.05, 0) is 69.0 Å². The molecule has 0 radical (unpaired) electrons. The predicted molar refractivity (Wildman–Crippen MR) is 120 cm³/mol. The number of likely N-dealkylation sites (tertiary alicyclic amines) is 1. The molecule has 0 spiro atoms. The second kappa shape index (κ2) is 10.1. The minimum Gasteiger partial charge on any atom is -0.494 e. The second-order valence-corrected chi connectivity index (χ2v) is 7.86. The van der Waals surface area contributed by atoms with Gasteiger partial charge in [0.05, 0.1) is 6.61 Å². The highest BCUT2D eigenvalue weighted by Gasteiger charge is 2.30. The molecule has 1 saturated heterocycles. The summed E-state index contributed by atoms with van der Waals surface area (Å²) < 4.78 is 5.43. The lowest BCUT2D eigenvalue weighted by atomic mass is 9.85. The quantitative estimate of drug-likeness (QED) is 0.712. The van der Waals surface area contributed by atoms with Gasteiger partial charge in [-0.1, -0.05) is 24.6 Å².